The van der Waals surface area contributed by atoms with Gasteiger partial charge in [-0.05, 0) is 17.2 Å². The van der Waals surface area contributed by atoms with Gasteiger partial charge in [0.2, 0.25) is 5.95 Å². The Hall–Kier alpha value is -2.94. The first-order valence-corrected chi connectivity index (χ1v) is 7.54. The molecule has 23 heavy (non-hydrogen) atoms. The number of nitrogens with one attached hydrogen (secondary N) is 1. The van der Waals surface area contributed by atoms with Crippen molar-refractivity contribution in [3.63, 3.8) is 0 Å². The van der Waals surface area contributed by atoms with Crippen molar-refractivity contribution in [3.8, 4) is 11.1 Å². The lowest BCUT2D eigenvalue weighted by Gasteiger charge is -2.04. The number of allylic oxidation sites excluding steroid dienone is 1. The molecule has 3 heteroatoms. The largest absolute Gasteiger partial charge is 0.353 e. The Labute approximate surface area is 133 Å². The summed E-state index contributed by atoms with van der Waals surface area (Å²) in [5, 5.41) is 1.89. The molecule has 0 aliphatic rings. The van der Waals surface area contributed by atoms with Crippen molar-refractivity contribution in [1.82, 2.24) is 9.97 Å². The van der Waals surface area contributed by atoms with Gasteiger partial charge in [-0.1, -0.05) is 48.5 Å². The summed E-state index contributed by atoms with van der Waals surface area (Å²) in [5.74, 6) is -0.460. The highest BCUT2D eigenvalue weighted by Gasteiger charge is 2.14. The second kappa shape index (κ2) is 5.36. The lowest BCUT2D eigenvalue weighted by molar-refractivity contribution is 0.581. The first kappa shape index (κ1) is 13.7. The van der Waals surface area contributed by atoms with Crippen LogP contribution in [0.25, 0.3) is 32.9 Å². The van der Waals surface area contributed by atoms with Gasteiger partial charge in [-0.15, -0.1) is 6.58 Å². The molecule has 0 amide bonds. The van der Waals surface area contributed by atoms with E-state index in [-0.39, 0.29) is 0 Å². The van der Waals surface area contributed by atoms with E-state index in [1.807, 2.05) is 30.3 Å². The number of rotatable bonds is 3. The van der Waals surface area contributed by atoms with Gasteiger partial charge in [-0.3, -0.25) is 0 Å². The van der Waals surface area contributed by atoms with E-state index < -0.39 is 5.95 Å². The maximum absolute atomic E-state index is 14.0. The van der Waals surface area contributed by atoms with Gasteiger partial charge in [0.15, 0.2) is 0 Å². The predicted molar refractivity (Wildman–Crippen MR) is 92.9 cm³/mol. The number of fused-ring (bicyclic) bond motifs is 3. The number of pyridine rings is 1. The number of aromatic amines is 1. The van der Waals surface area contributed by atoms with E-state index in [0.717, 1.165) is 32.9 Å². The summed E-state index contributed by atoms with van der Waals surface area (Å²) in [7, 11) is 0. The first-order chi connectivity index (χ1) is 11.3. The maximum Gasteiger partial charge on any atom is 0.213 e. The van der Waals surface area contributed by atoms with Crippen LogP contribution in [0.5, 0.6) is 0 Å². The van der Waals surface area contributed by atoms with Gasteiger partial charge in [0.25, 0.3) is 0 Å². The second-order valence-electron chi connectivity index (χ2n) is 5.53. The molecule has 0 radical (unpaired) electrons. The van der Waals surface area contributed by atoms with Gasteiger partial charge in [0.05, 0.1) is 11.2 Å². The molecular formula is C20H15FN2. The van der Waals surface area contributed by atoms with Crippen molar-refractivity contribution in [1.29, 1.82) is 0 Å². The highest BCUT2D eigenvalue weighted by atomic mass is 19.1. The van der Waals surface area contributed by atoms with E-state index in [1.165, 1.54) is 6.07 Å². The van der Waals surface area contributed by atoms with Crippen LogP contribution < -0.4 is 0 Å². The first-order valence-electron chi connectivity index (χ1n) is 7.54. The SMILES string of the molecule is C=CCc1nc(F)cc2c1[nH]c1cccc(-c3ccccc3)c12. The number of halogens is 1. The molecule has 0 unspecified atom stereocenters. The van der Waals surface area contributed by atoms with Gasteiger partial charge >= 0.3 is 0 Å². The Morgan fingerprint density at radius 3 is 2.70 bits per heavy atom. The number of aromatic nitrogens is 2. The second-order valence-corrected chi connectivity index (χ2v) is 5.53. The fourth-order valence-electron chi connectivity index (χ4n) is 3.12. The fraction of sp³-hybridized carbons (Fsp3) is 0.0500. The maximum atomic E-state index is 14.0. The minimum atomic E-state index is -0.460. The number of benzene rings is 2. The van der Waals surface area contributed by atoms with Gasteiger partial charge in [0, 0.05) is 28.8 Å². The van der Waals surface area contributed by atoms with Crippen molar-refractivity contribution < 1.29 is 4.39 Å². The Morgan fingerprint density at radius 2 is 1.91 bits per heavy atom. The minimum Gasteiger partial charge on any atom is -0.353 e. The van der Waals surface area contributed by atoms with E-state index >= 15 is 0 Å². The van der Waals surface area contributed by atoms with Crippen LogP contribution in [0, 0.1) is 5.95 Å². The monoisotopic (exact) mass is 302 g/mol. The Balaban J connectivity index is 2.13. The fourth-order valence-corrected chi connectivity index (χ4v) is 3.12. The van der Waals surface area contributed by atoms with Gasteiger partial charge in [-0.25, -0.2) is 4.98 Å². The summed E-state index contributed by atoms with van der Waals surface area (Å²) in [4.78, 5) is 7.41. The summed E-state index contributed by atoms with van der Waals surface area (Å²) in [5.41, 5.74) is 4.75. The number of hydrogen-bond acceptors (Lipinski definition) is 1. The Morgan fingerprint density at radius 1 is 1.09 bits per heavy atom. The van der Waals surface area contributed by atoms with Crippen molar-refractivity contribution in [2.45, 2.75) is 6.42 Å². The summed E-state index contributed by atoms with van der Waals surface area (Å²) >= 11 is 0. The van der Waals surface area contributed by atoms with Gasteiger partial charge in [0.1, 0.15) is 0 Å². The third-order valence-electron chi connectivity index (χ3n) is 4.08. The molecule has 0 aliphatic carbocycles. The highest BCUT2D eigenvalue weighted by molar-refractivity contribution is 6.14. The van der Waals surface area contributed by atoms with Crippen LogP contribution in [0.2, 0.25) is 0 Å². The van der Waals surface area contributed by atoms with E-state index in [0.29, 0.717) is 12.1 Å². The highest BCUT2D eigenvalue weighted by Crippen LogP contribution is 2.35. The third kappa shape index (κ3) is 2.21. The summed E-state index contributed by atoms with van der Waals surface area (Å²) in [6.45, 7) is 3.74. The Bertz CT molecular complexity index is 1020. The van der Waals surface area contributed by atoms with Crippen molar-refractivity contribution in [2.75, 3.05) is 0 Å². The summed E-state index contributed by atoms with van der Waals surface area (Å²) in [6.07, 6.45) is 2.27. The average molecular weight is 302 g/mol. The van der Waals surface area contributed by atoms with Crippen LogP contribution >= 0.6 is 0 Å². The molecule has 2 heterocycles. The minimum absolute atomic E-state index is 0.460. The smallest absolute Gasteiger partial charge is 0.213 e. The number of H-pyrrole nitrogens is 1. The molecule has 0 fully saturated rings. The number of hydrogen-bond donors (Lipinski definition) is 1. The molecule has 4 rings (SSSR count). The molecule has 0 atom stereocenters. The molecule has 1 N–H and O–H groups in total. The van der Waals surface area contributed by atoms with Crippen LogP contribution in [-0.4, -0.2) is 9.97 Å². The topological polar surface area (TPSA) is 28.7 Å². The molecule has 112 valence electrons. The molecule has 2 nitrogen and oxygen atoms in total. The van der Waals surface area contributed by atoms with E-state index in [4.69, 9.17) is 0 Å². The van der Waals surface area contributed by atoms with Crippen molar-refractivity contribution in [3.05, 3.63) is 78.9 Å². The number of nitrogens with zero attached hydrogens (tertiary/aromatic N) is 1. The van der Waals surface area contributed by atoms with Crippen molar-refractivity contribution >= 4 is 21.8 Å². The molecule has 0 spiro atoms. The van der Waals surface area contributed by atoms with E-state index in [9.17, 15) is 4.39 Å². The quantitative estimate of drug-likeness (QED) is 0.406. The molecule has 0 saturated heterocycles. The molecule has 0 saturated carbocycles. The van der Waals surface area contributed by atoms with Crippen LogP contribution in [-0.2, 0) is 6.42 Å². The molecule has 2 aromatic heterocycles. The van der Waals surface area contributed by atoms with E-state index in [1.54, 1.807) is 6.08 Å². The zero-order chi connectivity index (χ0) is 15.8. The average Bonchev–Trinajstić information content (AvgIpc) is 2.95. The van der Waals surface area contributed by atoms with Gasteiger partial charge < -0.3 is 4.98 Å². The molecule has 4 aromatic rings. The zero-order valence-corrected chi connectivity index (χ0v) is 12.5. The molecule has 2 aromatic carbocycles. The molecular weight excluding hydrogens is 287 g/mol. The molecule has 0 aliphatic heterocycles. The standard InChI is InChI=1S/C20H15FN2/c1-2-7-17-20-15(12-18(21)22-17)19-14(10-6-11-16(19)23-20)13-8-4-3-5-9-13/h2-6,8-12,23H,1,7H2. The Kier molecular flexibility index (Phi) is 3.19. The van der Waals surface area contributed by atoms with Gasteiger partial charge in [-0.2, -0.15) is 4.39 Å². The van der Waals surface area contributed by atoms with E-state index in [2.05, 4.69) is 34.7 Å². The lowest BCUT2D eigenvalue weighted by atomic mass is 9.99. The summed E-state index contributed by atoms with van der Waals surface area (Å²) < 4.78 is 14.0. The lowest BCUT2D eigenvalue weighted by Crippen LogP contribution is -1.93. The molecule has 0 bridgehead atoms. The predicted octanol–water partition coefficient (Wildman–Crippen LogP) is 5.25. The van der Waals surface area contributed by atoms with Crippen molar-refractivity contribution in [2.24, 2.45) is 0 Å². The third-order valence-corrected chi connectivity index (χ3v) is 4.08. The zero-order valence-electron chi connectivity index (χ0n) is 12.5. The normalized spacial score (nSPS) is 11.2. The summed E-state index contributed by atoms with van der Waals surface area (Å²) in [6, 6.07) is 17.7. The van der Waals surface area contributed by atoms with Crippen LogP contribution in [0.3, 0.4) is 0 Å². The van der Waals surface area contributed by atoms with Crippen LogP contribution in [0.4, 0.5) is 4.39 Å². The van der Waals surface area contributed by atoms with Crippen LogP contribution in [0.1, 0.15) is 5.69 Å². The van der Waals surface area contributed by atoms with Crippen LogP contribution in [0.15, 0.2) is 67.3 Å².